The molecule has 2 fully saturated rings. The van der Waals surface area contributed by atoms with Gasteiger partial charge in [0.15, 0.2) is 0 Å². The van der Waals surface area contributed by atoms with Crippen LogP contribution in [0.2, 0.25) is 0 Å². The van der Waals surface area contributed by atoms with Crippen LogP contribution >= 0.6 is 0 Å². The minimum atomic E-state index is -4.66. The Kier molecular flexibility index (Phi) is 5.89. The van der Waals surface area contributed by atoms with Crippen LogP contribution in [0.25, 0.3) is 0 Å². The first-order chi connectivity index (χ1) is 11.0. The average Bonchev–Trinajstić information content (AvgIpc) is 2.46. The second-order valence-corrected chi connectivity index (χ2v) is 8.98. The van der Waals surface area contributed by atoms with Gasteiger partial charge in [0.1, 0.15) is 13.1 Å². The highest BCUT2D eigenvalue weighted by molar-refractivity contribution is 7.85. The molecule has 142 valence electrons. The summed E-state index contributed by atoms with van der Waals surface area (Å²) in [6.45, 7) is 1.15. The lowest BCUT2D eigenvalue weighted by molar-refractivity contribution is -1.01. The highest BCUT2D eigenvalue weighted by Crippen LogP contribution is 2.32. The van der Waals surface area contributed by atoms with E-state index in [0.29, 0.717) is 4.31 Å². The molecule has 0 spiro atoms. The largest absolute Gasteiger partial charge is 0.370 e. The Morgan fingerprint density at radius 3 is 2.33 bits per heavy atom. The summed E-state index contributed by atoms with van der Waals surface area (Å²) < 4.78 is 69.6. The van der Waals surface area contributed by atoms with E-state index in [4.69, 9.17) is 9.29 Å². The minimum Gasteiger partial charge on any atom is -0.370 e. The van der Waals surface area contributed by atoms with E-state index in [1.807, 2.05) is 0 Å². The van der Waals surface area contributed by atoms with Gasteiger partial charge in [0, 0.05) is 19.5 Å². The number of β-amino-alcohol motifs (C(OH)–C–C–N with tert-alkyl or cyclic N) is 1. The van der Waals surface area contributed by atoms with E-state index in [2.05, 4.69) is 5.32 Å². The molecule has 1 atom stereocenters. The molecule has 0 radical (unpaired) electrons. The number of morpholine rings is 1. The second kappa shape index (κ2) is 7.09. The van der Waals surface area contributed by atoms with Gasteiger partial charge in [-0.25, -0.2) is 0 Å². The lowest BCUT2D eigenvalue weighted by Crippen LogP contribution is -2.80. The maximum Gasteiger partial charge on any atom is 0.343 e. The smallest absolute Gasteiger partial charge is 0.343 e. The molecule has 0 aromatic rings. The molecule has 0 aromatic heterocycles. The Labute approximate surface area is 141 Å². The normalized spacial score (nSPS) is 29.5. The molecule has 24 heavy (non-hydrogen) atoms. The number of hydrogen-bond donors (Lipinski definition) is 4. The van der Waals surface area contributed by atoms with Gasteiger partial charge in [-0.05, 0) is 0 Å². The molecule has 4 N–H and O–H groups in total. The third kappa shape index (κ3) is 4.23. The van der Waals surface area contributed by atoms with Gasteiger partial charge in [-0.2, -0.15) is 16.8 Å². The maximum atomic E-state index is 11.7. The van der Waals surface area contributed by atoms with E-state index in [-0.39, 0.29) is 63.4 Å². The van der Waals surface area contributed by atoms with Gasteiger partial charge in [-0.1, -0.05) is 4.31 Å². The highest BCUT2D eigenvalue weighted by Gasteiger charge is 2.59. The van der Waals surface area contributed by atoms with Crippen molar-refractivity contribution in [2.45, 2.75) is 12.3 Å². The van der Waals surface area contributed by atoms with Crippen LogP contribution < -0.4 is 5.32 Å². The predicted molar refractivity (Wildman–Crippen MR) is 82.8 cm³/mol. The van der Waals surface area contributed by atoms with Crippen molar-refractivity contribution in [3.8, 4) is 0 Å². The van der Waals surface area contributed by atoms with Crippen LogP contribution in [0, 0.1) is 0 Å². The Morgan fingerprint density at radius 2 is 1.79 bits per heavy atom. The topological polar surface area (TPSA) is 153 Å². The summed E-state index contributed by atoms with van der Waals surface area (Å²) in [6.07, 6.45) is 0.0282. The van der Waals surface area contributed by atoms with Gasteiger partial charge in [0.05, 0.1) is 32.1 Å². The fourth-order valence-corrected chi connectivity index (χ4v) is 4.83. The molecule has 0 aromatic carbocycles. The molecule has 0 aliphatic carbocycles. The van der Waals surface area contributed by atoms with Crippen LogP contribution in [0.5, 0.6) is 0 Å². The lowest BCUT2D eigenvalue weighted by atomic mass is 10.1. The van der Waals surface area contributed by atoms with Crippen molar-refractivity contribution < 1.29 is 40.3 Å². The molecule has 2 saturated heterocycles. The zero-order valence-corrected chi connectivity index (χ0v) is 14.8. The first-order valence-electron chi connectivity index (χ1n) is 7.58. The number of ether oxygens (including phenoxy) is 1. The fraction of sp³-hybridized carbons (Fsp3) is 1.00. The quantitative estimate of drug-likeness (QED) is 0.284. The van der Waals surface area contributed by atoms with Crippen LogP contribution in [-0.2, 0) is 25.2 Å². The number of piperazine rings is 1. The molecule has 11 nitrogen and oxygen atoms in total. The third-order valence-electron chi connectivity index (χ3n) is 4.61. The summed E-state index contributed by atoms with van der Waals surface area (Å²) in [5, 5.41) is 14.1. The van der Waals surface area contributed by atoms with E-state index in [9.17, 15) is 26.5 Å². The van der Waals surface area contributed by atoms with Crippen LogP contribution in [0.15, 0.2) is 0 Å². The summed E-state index contributed by atoms with van der Waals surface area (Å²) in [7, 11) is -8.82. The fourth-order valence-electron chi connectivity index (χ4n) is 3.41. The lowest BCUT2D eigenvalue weighted by Gasteiger charge is -2.55. The standard InChI is InChI=1S/C11H23N3O8S2/c15-11(10-12-2-3-13(11)24(19,20)21)14(5-7-22-8-6-14)4-1-9-23(16,17)18/h12,15H,1-10H2,(H-,16,17,18,19,20,21)/p+1. The molecule has 2 aliphatic heterocycles. The van der Waals surface area contributed by atoms with Gasteiger partial charge in [-0.15, -0.1) is 0 Å². The van der Waals surface area contributed by atoms with E-state index in [1.165, 1.54) is 0 Å². The molecule has 0 bridgehead atoms. The van der Waals surface area contributed by atoms with Crippen molar-refractivity contribution in [3.63, 3.8) is 0 Å². The molecular formula is C11H24N3O8S2+. The highest BCUT2D eigenvalue weighted by atomic mass is 32.2. The number of nitrogens with one attached hydrogen (secondary N) is 1. The Hall–Kier alpha value is -0.380. The van der Waals surface area contributed by atoms with Crippen molar-refractivity contribution in [2.75, 3.05) is 58.2 Å². The molecule has 2 aliphatic rings. The van der Waals surface area contributed by atoms with E-state index >= 15 is 0 Å². The molecule has 13 heteroatoms. The zero-order valence-electron chi connectivity index (χ0n) is 13.2. The summed E-state index contributed by atoms with van der Waals surface area (Å²) >= 11 is 0. The molecule has 0 amide bonds. The van der Waals surface area contributed by atoms with Crippen molar-refractivity contribution in [1.29, 1.82) is 0 Å². The van der Waals surface area contributed by atoms with Crippen LogP contribution in [0.3, 0.4) is 0 Å². The Morgan fingerprint density at radius 1 is 1.17 bits per heavy atom. The first-order valence-corrected chi connectivity index (χ1v) is 10.6. The number of rotatable bonds is 6. The zero-order chi connectivity index (χ0) is 18.1. The molecular weight excluding hydrogens is 366 g/mol. The average molecular weight is 390 g/mol. The van der Waals surface area contributed by atoms with Crippen LogP contribution in [0.4, 0.5) is 0 Å². The van der Waals surface area contributed by atoms with E-state index in [1.54, 1.807) is 0 Å². The van der Waals surface area contributed by atoms with Gasteiger partial charge in [-0.3, -0.25) is 13.6 Å². The van der Waals surface area contributed by atoms with Crippen molar-refractivity contribution in [3.05, 3.63) is 0 Å². The van der Waals surface area contributed by atoms with Gasteiger partial charge < -0.3 is 15.2 Å². The van der Waals surface area contributed by atoms with Crippen molar-refractivity contribution in [2.24, 2.45) is 0 Å². The predicted octanol–water partition coefficient (Wildman–Crippen LogP) is -2.53. The summed E-state index contributed by atoms with van der Waals surface area (Å²) in [4.78, 5) is 0. The number of nitrogens with zero attached hydrogens (tertiary/aromatic N) is 2. The SMILES string of the molecule is O=S(=O)(O)CCC[N+]1(C2(O)CNCCN2S(=O)(=O)O)CCOCC1. The van der Waals surface area contributed by atoms with Crippen LogP contribution in [-0.4, -0.2) is 104 Å². The Balaban J connectivity index is 2.33. The molecule has 1 unspecified atom stereocenters. The van der Waals surface area contributed by atoms with E-state index in [0.717, 1.165) is 0 Å². The summed E-state index contributed by atoms with van der Waals surface area (Å²) in [6, 6.07) is 0. The summed E-state index contributed by atoms with van der Waals surface area (Å²) in [5.41, 5.74) is 0. The van der Waals surface area contributed by atoms with Crippen molar-refractivity contribution in [1.82, 2.24) is 9.62 Å². The minimum absolute atomic E-state index is 0.0282. The second-order valence-electron chi connectivity index (χ2n) is 6.07. The summed E-state index contributed by atoms with van der Waals surface area (Å²) in [5.74, 6) is -2.46. The first kappa shape index (κ1) is 19.9. The van der Waals surface area contributed by atoms with Gasteiger partial charge in [0.2, 0.25) is 0 Å². The van der Waals surface area contributed by atoms with E-state index < -0.39 is 32.0 Å². The monoisotopic (exact) mass is 390 g/mol. The van der Waals surface area contributed by atoms with Crippen molar-refractivity contribution >= 4 is 20.4 Å². The maximum absolute atomic E-state index is 11.7. The number of hydrogen-bond acceptors (Lipinski definition) is 7. The molecule has 0 saturated carbocycles. The number of quaternary nitrogens is 1. The molecule has 2 heterocycles. The third-order valence-corrected chi connectivity index (χ3v) is 6.44. The van der Waals surface area contributed by atoms with Crippen LogP contribution in [0.1, 0.15) is 6.42 Å². The molecule has 2 rings (SSSR count). The number of aliphatic hydroxyl groups is 1. The Bertz CT molecular complexity index is 646. The van der Waals surface area contributed by atoms with Gasteiger partial charge >= 0.3 is 10.3 Å². The van der Waals surface area contributed by atoms with Gasteiger partial charge in [0.25, 0.3) is 16.0 Å².